The molecule has 36 heavy (non-hydrogen) atoms. The number of fused-ring (bicyclic) bond motifs is 5. The molecule has 0 aliphatic rings. The van der Waals surface area contributed by atoms with Crippen LogP contribution < -0.4 is 15.6 Å². The average Bonchev–Trinajstić information content (AvgIpc) is 3.49. The summed E-state index contributed by atoms with van der Waals surface area (Å²) in [5, 5.41) is 4.27. The maximum absolute atomic E-state index is 4.86. The van der Waals surface area contributed by atoms with Gasteiger partial charge in [-0.05, 0) is 51.0 Å². The van der Waals surface area contributed by atoms with E-state index in [4.69, 9.17) is 4.98 Å². The van der Waals surface area contributed by atoms with E-state index in [1.807, 2.05) is 0 Å². The first-order valence-corrected chi connectivity index (χ1v) is 15.6. The molecule has 0 aliphatic carbocycles. The van der Waals surface area contributed by atoms with Crippen molar-refractivity contribution in [3.05, 3.63) is 127 Å². The molecule has 0 atom stereocenters. The van der Waals surface area contributed by atoms with Crippen molar-refractivity contribution >= 4 is 61.2 Å². The molecule has 0 aliphatic heterocycles. The monoisotopic (exact) mass is 496 g/mol. The molecule has 2 heterocycles. The summed E-state index contributed by atoms with van der Waals surface area (Å²) in [4.78, 5) is 5.90. The number of hydrogen-bond donors (Lipinski definition) is 0. The van der Waals surface area contributed by atoms with Crippen molar-refractivity contribution in [1.29, 1.82) is 0 Å². The van der Waals surface area contributed by atoms with E-state index in [-0.39, 0.29) is 0 Å². The third-order valence-electron chi connectivity index (χ3n) is 7.41. The van der Waals surface area contributed by atoms with Gasteiger partial charge < -0.3 is 0 Å². The van der Waals surface area contributed by atoms with Crippen LogP contribution in [0.25, 0.3) is 37.3 Å². The molecule has 2 nitrogen and oxygen atoms in total. The fourth-order valence-corrected chi connectivity index (χ4v) is 10.0. The van der Waals surface area contributed by atoms with E-state index in [9.17, 15) is 0 Å². The van der Waals surface area contributed by atoms with Crippen molar-refractivity contribution in [1.82, 2.24) is 9.38 Å². The highest BCUT2D eigenvalue weighted by Gasteiger charge is 2.34. The smallest absolute Gasteiger partial charge is 0.195 e. The summed E-state index contributed by atoms with van der Waals surface area (Å²) in [6, 6.07) is 46.5. The van der Waals surface area contributed by atoms with E-state index in [1.165, 1.54) is 36.9 Å². The third-order valence-corrected chi connectivity index (χ3v) is 12.9. The molecule has 7 rings (SSSR count). The zero-order valence-electron chi connectivity index (χ0n) is 19.9. The summed E-state index contributed by atoms with van der Waals surface area (Å²) < 4.78 is 3.56. The zero-order valence-corrected chi connectivity index (χ0v) is 21.7. The van der Waals surface area contributed by atoms with Crippen LogP contribution >= 0.6 is 11.3 Å². The number of aromatic nitrogens is 2. The van der Waals surface area contributed by atoms with Crippen molar-refractivity contribution in [2.24, 2.45) is 0 Å². The van der Waals surface area contributed by atoms with Gasteiger partial charge >= 0.3 is 0 Å². The van der Waals surface area contributed by atoms with Crippen LogP contribution in [0.2, 0.25) is 6.55 Å². The van der Waals surface area contributed by atoms with Gasteiger partial charge in [0.15, 0.2) is 4.96 Å². The maximum Gasteiger partial charge on any atom is 0.195 e. The van der Waals surface area contributed by atoms with Crippen LogP contribution in [-0.2, 0) is 0 Å². The maximum atomic E-state index is 4.86. The number of thiazole rings is 1. The Bertz CT molecular complexity index is 1810. The molecule has 0 saturated heterocycles. The largest absolute Gasteiger partial charge is 0.283 e. The van der Waals surface area contributed by atoms with Gasteiger partial charge in [0.25, 0.3) is 0 Å². The Morgan fingerprint density at radius 1 is 0.583 bits per heavy atom. The van der Waals surface area contributed by atoms with Gasteiger partial charge in [-0.15, -0.1) is 0 Å². The number of benzene rings is 5. The molecule has 172 valence electrons. The summed E-state index contributed by atoms with van der Waals surface area (Å²) in [5.41, 5.74) is 5.92. The minimum atomic E-state index is -2.16. The second kappa shape index (κ2) is 8.30. The van der Waals surface area contributed by atoms with Gasteiger partial charge in [0.2, 0.25) is 0 Å². The van der Waals surface area contributed by atoms with Gasteiger partial charge in [-0.1, -0.05) is 121 Å². The van der Waals surface area contributed by atoms with Gasteiger partial charge in [-0.2, -0.15) is 0 Å². The van der Waals surface area contributed by atoms with Crippen LogP contribution in [-0.4, -0.2) is 17.5 Å². The van der Waals surface area contributed by atoms with Crippen LogP contribution in [0.15, 0.2) is 127 Å². The quantitative estimate of drug-likeness (QED) is 0.202. The second-order valence-corrected chi connectivity index (χ2v) is 14.4. The Labute approximate surface area is 215 Å². The van der Waals surface area contributed by atoms with Crippen LogP contribution in [0.3, 0.4) is 0 Å². The predicted octanol–water partition coefficient (Wildman–Crippen LogP) is 6.47. The topological polar surface area (TPSA) is 17.3 Å². The number of hydrogen-bond acceptors (Lipinski definition) is 2. The number of nitrogens with zero attached hydrogens (tertiary/aromatic N) is 2. The van der Waals surface area contributed by atoms with E-state index in [1.54, 1.807) is 11.3 Å². The van der Waals surface area contributed by atoms with Gasteiger partial charge in [0, 0.05) is 0 Å². The Hall–Kier alpha value is -3.99. The zero-order chi connectivity index (χ0) is 24.1. The first-order chi connectivity index (χ1) is 17.7. The first-order valence-electron chi connectivity index (χ1n) is 12.2. The fourth-order valence-electron chi connectivity index (χ4n) is 5.41. The Kier molecular flexibility index (Phi) is 4.91. The van der Waals surface area contributed by atoms with Crippen molar-refractivity contribution in [3.8, 4) is 11.1 Å². The van der Waals surface area contributed by atoms with Gasteiger partial charge in [0.05, 0.1) is 21.3 Å². The standard InChI is InChI=1S/C32H24N2SSi/c1-36(25-12-4-2-5-13-25,26-14-6-3-7-15-26)27-16-10-11-23(21-27)24-19-20-31-30(22-24)34-29-18-9-8-17-28(29)33-32(34)35-31/h2-22H,1H3. The Morgan fingerprint density at radius 3 is 1.97 bits per heavy atom. The highest BCUT2D eigenvalue weighted by atomic mass is 32.1. The van der Waals surface area contributed by atoms with Crippen molar-refractivity contribution in [3.63, 3.8) is 0 Å². The molecule has 0 spiro atoms. The highest BCUT2D eigenvalue weighted by Crippen LogP contribution is 2.33. The molecule has 2 aromatic heterocycles. The molecule has 0 unspecified atom stereocenters. The van der Waals surface area contributed by atoms with E-state index in [2.05, 4.69) is 138 Å². The third kappa shape index (κ3) is 3.26. The van der Waals surface area contributed by atoms with E-state index in [0.717, 1.165) is 16.0 Å². The minimum absolute atomic E-state index is 1.05. The van der Waals surface area contributed by atoms with E-state index in [0.29, 0.717) is 0 Å². The predicted molar refractivity (Wildman–Crippen MR) is 157 cm³/mol. The highest BCUT2D eigenvalue weighted by molar-refractivity contribution is 7.23. The lowest BCUT2D eigenvalue weighted by molar-refractivity contribution is 1.35. The normalized spacial score (nSPS) is 12.0. The van der Waals surface area contributed by atoms with E-state index < -0.39 is 8.07 Å². The van der Waals surface area contributed by atoms with Crippen molar-refractivity contribution in [2.75, 3.05) is 0 Å². The molecule has 0 amide bonds. The Balaban J connectivity index is 1.41. The van der Waals surface area contributed by atoms with Gasteiger partial charge in [-0.25, -0.2) is 4.98 Å². The number of para-hydroxylation sites is 2. The van der Waals surface area contributed by atoms with Crippen molar-refractivity contribution < 1.29 is 0 Å². The average molecular weight is 497 g/mol. The van der Waals surface area contributed by atoms with Crippen LogP contribution in [0.4, 0.5) is 0 Å². The molecular weight excluding hydrogens is 473 g/mol. The van der Waals surface area contributed by atoms with Gasteiger partial charge in [0.1, 0.15) is 8.07 Å². The molecule has 0 N–H and O–H groups in total. The molecule has 5 aromatic carbocycles. The number of rotatable bonds is 4. The van der Waals surface area contributed by atoms with E-state index >= 15 is 0 Å². The molecular formula is C32H24N2SSi. The first kappa shape index (κ1) is 21.3. The summed E-state index contributed by atoms with van der Waals surface area (Å²) in [7, 11) is -2.16. The molecule has 7 aromatic rings. The summed E-state index contributed by atoms with van der Waals surface area (Å²) in [5.74, 6) is 0. The van der Waals surface area contributed by atoms with Gasteiger partial charge in [-0.3, -0.25) is 4.40 Å². The number of imidazole rings is 1. The molecule has 0 radical (unpaired) electrons. The fraction of sp³-hybridized carbons (Fsp3) is 0.0312. The second-order valence-electron chi connectivity index (χ2n) is 9.44. The molecule has 0 fully saturated rings. The lowest BCUT2D eigenvalue weighted by atomic mass is 10.1. The lowest BCUT2D eigenvalue weighted by Gasteiger charge is -2.30. The molecule has 0 bridgehead atoms. The molecule has 0 saturated carbocycles. The van der Waals surface area contributed by atoms with Crippen LogP contribution in [0.5, 0.6) is 0 Å². The summed E-state index contributed by atoms with van der Waals surface area (Å²) in [6.45, 7) is 2.47. The SMILES string of the molecule is C[Si](c1ccccc1)(c1ccccc1)c1cccc(-c2ccc3sc4nc5ccccc5n4c3c2)c1. The summed E-state index contributed by atoms with van der Waals surface area (Å²) >= 11 is 1.75. The lowest BCUT2D eigenvalue weighted by Crippen LogP contribution is -2.64. The minimum Gasteiger partial charge on any atom is -0.283 e. The summed E-state index contributed by atoms with van der Waals surface area (Å²) in [6.07, 6.45) is 0. The van der Waals surface area contributed by atoms with Crippen LogP contribution in [0.1, 0.15) is 0 Å². The Morgan fingerprint density at radius 2 is 1.22 bits per heavy atom. The van der Waals surface area contributed by atoms with Crippen molar-refractivity contribution in [2.45, 2.75) is 6.55 Å². The van der Waals surface area contributed by atoms with Crippen LogP contribution in [0, 0.1) is 0 Å². The molecule has 4 heteroatoms.